The number of aromatic nitrogens is 1. The van der Waals surface area contributed by atoms with Gasteiger partial charge in [-0.15, -0.1) is 0 Å². The molecule has 25 heavy (non-hydrogen) atoms. The van der Waals surface area contributed by atoms with E-state index in [0.29, 0.717) is 19.6 Å². The molecule has 1 aromatic heterocycles. The third kappa shape index (κ3) is 3.07. The molecule has 6 heteroatoms. The van der Waals surface area contributed by atoms with Gasteiger partial charge in [0.1, 0.15) is 0 Å². The van der Waals surface area contributed by atoms with E-state index >= 15 is 0 Å². The fraction of sp³-hybridized carbons (Fsp3) is 0.316. The molecule has 0 aliphatic carbocycles. The molecule has 2 aliphatic rings. The lowest BCUT2D eigenvalue weighted by Gasteiger charge is -2.29. The molecule has 2 aromatic rings. The van der Waals surface area contributed by atoms with Gasteiger partial charge >= 0.3 is 6.03 Å². The number of carbonyl (C=O) groups excluding carboxylic acids is 2. The van der Waals surface area contributed by atoms with Crippen molar-refractivity contribution in [3.05, 3.63) is 59.4 Å². The Kier molecular flexibility index (Phi) is 4.09. The second-order valence-corrected chi connectivity index (χ2v) is 6.40. The number of hydrogen-bond donors (Lipinski definition) is 1. The van der Waals surface area contributed by atoms with E-state index in [1.54, 1.807) is 22.2 Å². The van der Waals surface area contributed by atoms with Crippen LogP contribution in [0.15, 0.2) is 42.7 Å². The van der Waals surface area contributed by atoms with Gasteiger partial charge in [0.2, 0.25) is 5.91 Å². The van der Waals surface area contributed by atoms with Crippen molar-refractivity contribution in [2.24, 2.45) is 0 Å². The average molecular weight is 336 g/mol. The Hall–Kier alpha value is -2.89. The maximum atomic E-state index is 12.5. The molecule has 0 radical (unpaired) electrons. The normalized spacial score (nSPS) is 15.5. The lowest BCUT2D eigenvalue weighted by Crippen LogP contribution is -2.46. The molecule has 0 unspecified atom stereocenters. The molecule has 4 rings (SSSR count). The van der Waals surface area contributed by atoms with Crippen LogP contribution in [0.3, 0.4) is 0 Å². The summed E-state index contributed by atoms with van der Waals surface area (Å²) in [4.78, 5) is 32.4. The summed E-state index contributed by atoms with van der Waals surface area (Å²) in [6, 6.07) is 9.92. The average Bonchev–Trinajstić information content (AvgIpc) is 3.09. The zero-order valence-electron chi connectivity index (χ0n) is 13.9. The van der Waals surface area contributed by atoms with Gasteiger partial charge in [0.25, 0.3) is 0 Å². The van der Waals surface area contributed by atoms with Gasteiger partial charge < -0.3 is 15.1 Å². The Morgan fingerprint density at radius 1 is 1.04 bits per heavy atom. The second-order valence-electron chi connectivity index (χ2n) is 6.40. The third-order valence-corrected chi connectivity index (χ3v) is 4.89. The van der Waals surface area contributed by atoms with E-state index in [1.165, 1.54) is 11.1 Å². The van der Waals surface area contributed by atoms with E-state index in [2.05, 4.69) is 16.4 Å². The SMILES string of the molecule is O=C(NCC(=O)N1CCc2ccncc21)N1CCc2ccccc2C1. The van der Waals surface area contributed by atoms with E-state index in [0.717, 1.165) is 24.1 Å². The molecule has 0 spiro atoms. The molecule has 0 fully saturated rings. The predicted octanol–water partition coefficient (Wildman–Crippen LogP) is 1.74. The van der Waals surface area contributed by atoms with Gasteiger partial charge in [-0.2, -0.15) is 0 Å². The maximum Gasteiger partial charge on any atom is 0.318 e. The summed E-state index contributed by atoms with van der Waals surface area (Å²) >= 11 is 0. The van der Waals surface area contributed by atoms with Crippen LogP contribution in [0.4, 0.5) is 10.5 Å². The van der Waals surface area contributed by atoms with Crippen molar-refractivity contribution >= 4 is 17.6 Å². The molecule has 128 valence electrons. The number of fused-ring (bicyclic) bond motifs is 2. The van der Waals surface area contributed by atoms with Crippen molar-refractivity contribution in [1.82, 2.24) is 15.2 Å². The Morgan fingerprint density at radius 2 is 1.84 bits per heavy atom. The van der Waals surface area contributed by atoms with Crippen LogP contribution in [0, 0.1) is 0 Å². The van der Waals surface area contributed by atoms with Gasteiger partial charge in [0.05, 0.1) is 18.4 Å². The Balaban J connectivity index is 1.35. The van der Waals surface area contributed by atoms with Crippen LogP contribution in [0.1, 0.15) is 16.7 Å². The number of carbonyl (C=O) groups is 2. The number of hydrogen-bond acceptors (Lipinski definition) is 3. The fourth-order valence-corrected chi connectivity index (χ4v) is 3.51. The van der Waals surface area contributed by atoms with Gasteiger partial charge in [-0.25, -0.2) is 4.79 Å². The summed E-state index contributed by atoms with van der Waals surface area (Å²) in [6.45, 7) is 1.91. The Bertz CT molecular complexity index is 821. The lowest BCUT2D eigenvalue weighted by molar-refractivity contribution is -0.117. The number of amides is 3. The number of benzene rings is 1. The van der Waals surface area contributed by atoms with Crippen LogP contribution in [0.25, 0.3) is 0 Å². The van der Waals surface area contributed by atoms with Gasteiger partial charge in [-0.1, -0.05) is 24.3 Å². The number of nitrogens with zero attached hydrogens (tertiary/aromatic N) is 3. The quantitative estimate of drug-likeness (QED) is 0.908. The number of pyridine rings is 1. The first-order valence-electron chi connectivity index (χ1n) is 8.55. The minimum Gasteiger partial charge on any atom is -0.329 e. The second kappa shape index (κ2) is 6.55. The Morgan fingerprint density at radius 3 is 2.72 bits per heavy atom. The zero-order chi connectivity index (χ0) is 17.2. The van der Waals surface area contributed by atoms with Crippen LogP contribution in [-0.4, -0.2) is 41.5 Å². The monoisotopic (exact) mass is 336 g/mol. The van der Waals surface area contributed by atoms with Gasteiger partial charge in [-0.3, -0.25) is 9.78 Å². The smallest absolute Gasteiger partial charge is 0.318 e. The molecular formula is C19H20N4O2. The van der Waals surface area contributed by atoms with E-state index < -0.39 is 0 Å². The summed E-state index contributed by atoms with van der Waals surface area (Å²) in [5, 5.41) is 2.77. The first-order valence-corrected chi connectivity index (χ1v) is 8.55. The summed E-state index contributed by atoms with van der Waals surface area (Å²) in [5.41, 5.74) is 4.45. The molecule has 1 aromatic carbocycles. The van der Waals surface area contributed by atoms with Crippen LogP contribution in [0.5, 0.6) is 0 Å². The van der Waals surface area contributed by atoms with Gasteiger partial charge in [0, 0.05) is 25.8 Å². The molecule has 0 saturated carbocycles. The van der Waals surface area contributed by atoms with Crippen LogP contribution >= 0.6 is 0 Å². The number of rotatable bonds is 2. The molecule has 2 aliphatic heterocycles. The van der Waals surface area contributed by atoms with E-state index in [9.17, 15) is 9.59 Å². The molecule has 6 nitrogen and oxygen atoms in total. The highest BCUT2D eigenvalue weighted by molar-refractivity contribution is 5.98. The highest BCUT2D eigenvalue weighted by Gasteiger charge is 2.26. The highest BCUT2D eigenvalue weighted by Crippen LogP contribution is 2.26. The minimum absolute atomic E-state index is 0.00527. The van der Waals surface area contributed by atoms with Gasteiger partial charge in [-0.05, 0) is 35.6 Å². The molecule has 3 heterocycles. The van der Waals surface area contributed by atoms with E-state index in [-0.39, 0.29) is 18.5 Å². The highest BCUT2D eigenvalue weighted by atomic mass is 16.2. The first kappa shape index (κ1) is 15.6. The van der Waals surface area contributed by atoms with Gasteiger partial charge in [0.15, 0.2) is 0 Å². The standard InChI is InChI=1S/C19H20N4O2/c24-18(23-10-7-15-5-8-20-11-17(15)23)12-21-19(25)22-9-6-14-3-1-2-4-16(14)13-22/h1-5,8,11H,6-7,9-10,12-13H2,(H,21,25). The summed E-state index contributed by atoms with van der Waals surface area (Å²) in [6.07, 6.45) is 5.13. The zero-order valence-corrected chi connectivity index (χ0v) is 13.9. The van der Waals surface area contributed by atoms with Crippen molar-refractivity contribution in [2.45, 2.75) is 19.4 Å². The number of urea groups is 1. The van der Waals surface area contributed by atoms with Crippen LogP contribution in [-0.2, 0) is 24.2 Å². The number of anilines is 1. The molecular weight excluding hydrogens is 316 g/mol. The summed E-state index contributed by atoms with van der Waals surface area (Å²) in [7, 11) is 0. The fourth-order valence-electron chi connectivity index (χ4n) is 3.51. The Labute approximate surface area is 146 Å². The molecule has 1 N–H and O–H groups in total. The largest absolute Gasteiger partial charge is 0.329 e. The van der Waals surface area contributed by atoms with Crippen molar-refractivity contribution in [3.8, 4) is 0 Å². The van der Waals surface area contributed by atoms with Crippen molar-refractivity contribution < 1.29 is 9.59 Å². The molecule has 0 atom stereocenters. The van der Waals surface area contributed by atoms with Crippen molar-refractivity contribution in [2.75, 3.05) is 24.5 Å². The van der Waals surface area contributed by atoms with Crippen LogP contribution in [0.2, 0.25) is 0 Å². The maximum absolute atomic E-state index is 12.5. The topological polar surface area (TPSA) is 65.5 Å². The summed E-state index contributed by atoms with van der Waals surface area (Å²) < 4.78 is 0. The summed E-state index contributed by atoms with van der Waals surface area (Å²) in [5.74, 6) is -0.0995. The number of nitrogens with one attached hydrogen (secondary N) is 1. The third-order valence-electron chi connectivity index (χ3n) is 4.89. The lowest BCUT2D eigenvalue weighted by atomic mass is 10.0. The van der Waals surface area contributed by atoms with Crippen LogP contribution < -0.4 is 10.2 Å². The van der Waals surface area contributed by atoms with E-state index in [4.69, 9.17) is 0 Å². The molecule has 0 saturated heterocycles. The van der Waals surface area contributed by atoms with Crippen molar-refractivity contribution in [1.29, 1.82) is 0 Å². The molecule has 0 bridgehead atoms. The molecule has 3 amide bonds. The minimum atomic E-state index is -0.187. The van der Waals surface area contributed by atoms with Crippen molar-refractivity contribution in [3.63, 3.8) is 0 Å². The van der Waals surface area contributed by atoms with E-state index in [1.807, 2.05) is 24.3 Å². The first-order chi connectivity index (χ1) is 12.2. The predicted molar refractivity (Wildman–Crippen MR) is 94.2 cm³/mol.